The van der Waals surface area contributed by atoms with Gasteiger partial charge in [-0.25, -0.2) is 4.79 Å². The van der Waals surface area contributed by atoms with Gasteiger partial charge >= 0.3 is 5.97 Å². The molecule has 4 heteroatoms. The number of ether oxygens (including phenoxy) is 1. The van der Waals surface area contributed by atoms with Crippen LogP contribution in [0.3, 0.4) is 0 Å². The molecule has 0 bridgehead atoms. The molecular formula is C15H25ClO3. The Morgan fingerprint density at radius 3 is 2.63 bits per heavy atom. The summed E-state index contributed by atoms with van der Waals surface area (Å²) in [7, 11) is 0. The molecule has 0 amide bonds. The van der Waals surface area contributed by atoms with Gasteiger partial charge in [-0.2, -0.15) is 0 Å². The maximum atomic E-state index is 10.0. The monoisotopic (exact) mass is 288 g/mol. The predicted molar refractivity (Wildman–Crippen MR) is 79.5 cm³/mol. The summed E-state index contributed by atoms with van der Waals surface area (Å²) in [6, 6.07) is 0. The lowest BCUT2D eigenvalue weighted by atomic mass is 10.2. The molecule has 1 unspecified atom stereocenters. The lowest BCUT2D eigenvalue weighted by Crippen LogP contribution is -2.11. The van der Waals surface area contributed by atoms with Crippen molar-refractivity contribution in [1.29, 1.82) is 0 Å². The number of carbonyl (C=O) groups is 1. The Morgan fingerprint density at radius 2 is 2.16 bits per heavy atom. The van der Waals surface area contributed by atoms with Crippen LogP contribution >= 0.6 is 11.6 Å². The van der Waals surface area contributed by atoms with Gasteiger partial charge in [0.05, 0.1) is 0 Å². The summed E-state index contributed by atoms with van der Waals surface area (Å²) >= 11 is 5.59. The highest BCUT2D eigenvalue weighted by atomic mass is 35.5. The van der Waals surface area contributed by atoms with Crippen LogP contribution in [-0.2, 0) is 9.53 Å². The van der Waals surface area contributed by atoms with E-state index < -0.39 is 5.97 Å². The molecule has 0 spiro atoms. The van der Waals surface area contributed by atoms with E-state index in [1.165, 1.54) is 32.1 Å². The summed E-state index contributed by atoms with van der Waals surface area (Å²) < 4.78 is 5.04. The summed E-state index contributed by atoms with van der Waals surface area (Å²) in [4.78, 5) is 10.0. The maximum absolute atomic E-state index is 10.0. The molecule has 19 heavy (non-hydrogen) atoms. The van der Waals surface area contributed by atoms with Crippen molar-refractivity contribution in [2.24, 2.45) is 0 Å². The number of carboxylic acids is 1. The van der Waals surface area contributed by atoms with Crippen molar-refractivity contribution in [3.63, 3.8) is 0 Å². The number of aliphatic carboxylic acids is 1. The van der Waals surface area contributed by atoms with Crippen molar-refractivity contribution in [2.75, 3.05) is 6.61 Å². The second kappa shape index (κ2) is 13.6. The smallest absolute Gasteiger partial charge is 0.328 e. The summed E-state index contributed by atoms with van der Waals surface area (Å²) in [5, 5.41) is 8.23. The number of unbranched alkanes of at least 4 members (excludes halogenated alkanes) is 3. The Hall–Kier alpha value is -0.800. The van der Waals surface area contributed by atoms with Crippen molar-refractivity contribution in [1.82, 2.24) is 0 Å². The van der Waals surface area contributed by atoms with Gasteiger partial charge in [0, 0.05) is 12.7 Å². The van der Waals surface area contributed by atoms with Crippen LogP contribution in [0.25, 0.3) is 0 Å². The standard InChI is InChI=1S/C10H16O2.C5H9ClO/c1-2-3-4-5-6-7-8-9-10(11)12;6-5-3-1-2-4-7-5/h6-9H,2-5H2,1H3,(H,11,12);5H,1-4H2. The lowest BCUT2D eigenvalue weighted by molar-refractivity contribution is -0.131. The zero-order valence-electron chi connectivity index (χ0n) is 11.7. The first-order chi connectivity index (χ1) is 9.16. The third-order valence-corrected chi connectivity index (χ3v) is 2.93. The average Bonchev–Trinajstić information content (AvgIpc) is 2.39. The van der Waals surface area contributed by atoms with E-state index in [0.29, 0.717) is 0 Å². The van der Waals surface area contributed by atoms with Crippen LogP contribution in [0.1, 0.15) is 51.9 Å². The first kappa shape index (κ1) is 18.2. The van der Waals surface area contributed by atoms with Crippen LogP contribution in [0.4, 0.5) is 0 Å². The molecule has 1 aliphatic rings. The van der Waals surface area contributed by atoms with E-state index in [1.54, 1.807) is 12.2 Å². The van der Waals surface area contributed by atoms with Gasteiger partial charge in [-0.15, -0.1) is 0 Å². The van der Waals surface area contributed by atoms with Crippen LogP contribution in [0, 0.1) is 0 Å². The number of hydrogen-bond acceptors (Lipinski definition) is 2. The molecule has 1 aliphatic heterocycles. The largest absolute Gasteiger partial charge is 0.478 e. The van der Waals surface area contributed by atoms with E-state index in [9.17, 15) is 4.79 Å². The molecule has 1 heterocycles. The highest BCUT2D eigenvalue weighted by Crippen LogP contribution is 2.14. The average molecular weight is 289 g/mol. The van der Waals surface area contributed by atoms with Crippen LogP contribution in [0.2, 0.25) is 0 Å². The molecule has 0 aromatic carbocycles. The van der Waals surface area contributed by atoms with Crippen molar-refractivity contribution in [2.45, 2.75) is 57.4 Å². The zero-order chi connectivity index (χ0) is 14.3. The molecule has 1 fully saturated rings. The third kappa shape index (κ3) is 15.1. The van der Waals surface area contributed by atoms with Crippen LogP contribution in [0.5, 0.6) is 0 Å². The summed E-state index contributed by atoms with van der Waals surface area (Å²) in [5.74, 6) is -0.895. The molecule has 3 nitrogen and oxygen atoms in total. The Morgan fingerprint density at radius 1 is 1.37 bits per heavy atom. The Balaban J connectivity index is 0.000000388. The van der Waals surface area contributed by atoms with Gasteiger partial charge in [-0.3, -0.25) is 0 Å². The van der Waals surface area contributed by atoms with Crippen molar-refractivity contribution in [3.05, 3.63) is 24.3 Å². The highest BCUT2D eigenvalue weighted by molar-refractivity contribution is 6.19. The van der Waals surface area contributed by atoms with E-state index in [-0.39, 0.29) is 5.56 Å². The molecule has 0 saturated carbocycles. The van der Waals surface area contributed by atoms with E-state index in [2.05, 4.69) is 6.92 Å². The fraction of sp³-hybridized carbons (Fsp3) is 0.667. The van der Waals surface area contributed by atoms with E-state index >= 15 is 0 Å². The van der Waals surface area contributed by atoms with Gasteiger partial charge in [-0.05, 0) is 32.1 Å². The van der Waals surface area contributed by atoms with Crippen LogP contribution in [-0.4, -0.2) is 23.2 Å². The summed E-state index contributed by atoms with van der Waals surface area (Å²) in [5.41, 5.74) is 0.00810. The minimum atomic E-state index is -0.895. The molecule has 0 aliphatic carbocycles. The van der Waals surface area contributed by atoms with Gasteiger partial charge in [0.15, 0.2) is 0 Å². The number of rotatable bonds is 6. The number of hydrogen-bond donors (Lipinski definition) is 1. The normalized spacial score (nSPS) is 19.4. The molecule has 1 atom stereocenters. The van der Waals surface area contributed by atoms with Crippen LogP contribution in [0.15, 0.2) is 24.3 Å². The zero-order valence-corrected chi connectivity index (χ0v) is 12.4. The predicted octanol–water partition coefficient (Wildman–Crippen LogP) is 4.52. The number of halogens is 1. The molecule has 0 radical (unpaired) electrons. The molecule has 0 aromatic rings. The number of alkyl halides is 1. The fourth-order valence-corrected chi connectivity index (χ4v) is 1.77. The Labute approximate surface area is 121 Å². The highest BCUT2D eigenvalue weighted by Gasteiger charge is 2.08. The van der Waals surface area contributed by atoms with Gasteiger partial charge in [0.1, 0.15) is 5.56 Å². The van der Waals surface area contributed by atoms with Gasteiger partial charge in [0.25, 0.3) is 0 Å². The minimum Gasteiger partial charge on any atom is -0.478 e. The topological polar surface area (TPSA) is 46.5 Å². The molecule has 110 valence electrons. The Kier molecular flexibility index (Phi) is 13.1. The molecule has 1 N–H and O–H groups in total. The molecule has 0 aromatic heterocycles. The first-order valence-corrected chi connectivity index (χ1v) is 7.42. The van der Waals surface area contributed by atoms with Gasteiger partial charge in [-0.1, -0.05) is 49.6 Å². The second-order valence-corrected chi connectivity index (χ2v) is 4.88. The lowest BCUT2D eigenvalue weighted by Gasteiger charge is -2.15. The molecule has 1 rings (SSSR count). The minimum absolute atomic E-state index is 0.00810. The number of allylic oxidation sites excluding steroid dienone is 3. The first-order valence-electron chi connectivity index (χ1n) is 6.98. The SMILES string of the molecule is CCCCCC=CC=CC(=O)O.ClC1CCCCO1. The van der Waals surface area contributed by atoms with E-state index in [0.717, 1.165) is 25.5 Å². The third-order valence-electron chi connectivity index (χ3n) is 2.58. The summed E-state index contributed by atoms with van der Waals surface area (Å²) in [6.07, 6.45) is 14.6. The van der Waals surface area contributed by atoms with Crippen molar-refractivity contribution >= 4 is 17.6 Å². The van der Waals surface area contributed by atoms with Crippen molar-refractivity contribution < 1.29 is 14.6 Å². The quantitative estimate of drug-likeness (QED) is 0.338. The van der Waals surface area contributed by atoms with Gasteiger partial charge in [0.2, 0.25) is 0 Å². The fourth-order valence-electron chi connectivity index (χ4n) is 1.53. The maximum Gasteiger partial charge on any atom is 0.328 e. The van der Waals surface area contributed by atoms with Crippen LogP contribution < -0.4 is 0 Å². The summed E-state index contributed by atoms with van der Waals surface area (Å²) in [6.45, 7) is 3.02. The van der Waals surface area contributed by atoms with Crippen molar-refractivity contribution in [3.8, 4) is 0 Å². The Bertz CT molecular complexity index is 269. The number of carboxylic acid groups (broad SMARTS) is 1. The van der Waals surface area contributed by atoms with E-state index in [4.69, 9.17) is 21.4 Å². The second-order valence-electron chi connectivity index (χ2n) is 4.40. The van der Waals surface area contributed by atoms with Gasteiger partial charge < -0.3 is 9.84 Å². The molecule has 1 saturated heterocycles. The van der Waals surface area contributed by atoms with E-state index in [1.807, 2.05) is 6.08 Å². The molecular weight excluding hydrogens is 264 g/mol.